The van der Waals surface area contributed by atoms with Crippen LogP contribution in [0.5, 0.6) is 0 Å². The predicted molar refractivity (Wildman–Crippen MR) is 84.3 cm³/mol. The van der Waals surface area contributed by atoms with Gasteiger partial charge in [0, 0.05) is 15.7 Å². The van der Waals surface area contributed by atoms with Gasteiger partial charge in [-0.25, -0.2) is 0 Å². The van der Waals surface area contributed by atoms with Crippen molar-refractivity contribution in [3.63, 3.8) is 0 Å². The molecule has 0 saturated carbocycles. The maximum atomic E-state index is 5.96. The Balaban J connectivity index is 2.17. The molecular formula is C15H13BrClN3. The maximum Gasteiger partial charge on any atom is 0.160 e. The highest BCUT2D eigenvalue weighted by Gasteiger charge is 2.28. The first kappa shape index (κ1) is 13.6. The predicted octanol–water partition coefficient (Wildman–Crippen LogP) is 4.47. The lowest BCUT2D eigenvalue weighted by molar-refractivity contribution is 0.582. The van der Waals surface area contributed by atoms with E-state index in [1.807, 2.05) is 47.0 Å². The summed E-state index contributed by atoms with van der Waals surface area (Å²) < 4.78 is 3.01. The van der Waals surface area contributed by atoms with Crippen molar-refractivity contribution >= 4 is 33.2 Å². The molecule has 0 N–H and O–H groups in total. The summed E-state index contributed by atoms with van der Waals surface area (Å²) in [5.74, 6) is 0.899. The van der Waals surface area contributed by atoms with E-state index in [1.165, 1.54) is 0 Å². The number of hydrogen-bond donors (Lipinski definition) is 0. The highest BCUT2D eigenvalue weighted by Crippen LogP contribution is 2.31. The third kappa shape index (κ3) is 2.23. The minimum absolute atomic E-state index is 0.259. The van der Waals surface area contributed by atoms with Crippen molar-refractivity contribution in [2.45, 2.75) is 19.3 Å². The van der Waals surface area contributed by atoms with Crippen molar-refractivity contribution in [3.8, 4) is 0 Å². The molecule has 0 radical (unpaired) electrons. The molecule has 0 atom stereocenters. The summed E-state index contributed by atoms with van der Waals surface area (Å²) >= 11 is 9.45. The second kappa shape index (κ2) is 4.86. The van der Waals surface area contributed by atoms with E-state index in [9.17, 15) is 0 Å². The van der Waals surface area contributed by atoms with E-state index in [-0.39, 0.29) is 5.41 Å². The van der Waals surface area contributed by atoms with Gasteiger partial charge in [0.05, 0.1) is 5.41 Å². The summed E-state index contributed by atoms with van der Waals surface area (Å²) in [4.78, 5) is 0. The van der Waals surface area contributed by atoms with Gasteiger partial charge in [-0.3, -0.25) is 4.40 Å². The van der Waals surface area contributed by atoms with Gasteiger partial charge in [0.25, 0.3) is 0 Å². The van der Waals surface area contributed by atoms with Gasteiger partial charge in [-0.05, 0) is 59.6 Å². The number of hydrogen-bond acceptors (Lipinski definition) is 2. The van der Waals surface area contributed by atoms with Crippen LogP contribution in [0, 0.1) is 0 Å². The lowest BCUT2D eigenvalue weighted by Crippen LogP contribution is -2.22. The van der Waals surface area contributed by atoms with Crippen LogP contribution < -0.4 is 0 Å². The summed E-state index contributed by atoms with van der Waals surface area (Å²) in [6.07, 6.45) is 1.99. The van der Waals surface area contributed by atoms with E-state index in [1.54, 1.807) is 0 Å². The van der Waals surface area contributed by atoms with E-state index in [0.717, 1.165) is 26.5 Å². The fourth-order valence-corrected chi connectivity index (χ4v) is 2.75. The molecule has 0 fully saturated rings. The Morgan fingerprint density at radius 3 is 2.45 bits per heavy atom. The van der Waals surface area contributed by atoms with Gasteiger partial charge in [0.1, 0.15) is 5.82 Å². The molecule has 2 heterocycles. The van der Waals surface area contributed by atoms with E-state index < -0.39 is 0 Å². The molecule has 0 spiro atoms. The Morgan fingerprint density at radius 2 is 1.75 bits per heavy atom. The minimum Gasteiger partial charge on any atom is -0.285 e. The number of benzene rings is 1. The highest BCUT2D eigenvalue weighted by molar-refractivity contribution is 9.10. The summed E-state index contributed by atoms with van der Waals surface area (Å²) in [5.41, 5.74) is 1.73. The van der Waals surface area contributed by atoms with Crippen LogP contribution >= 0.6 is 27.5 Å². The maximum absolute atomic E-state index is 5.96. The number of pyridine rings is 1. The summed E-state index contributed by atoms with van der Waals surface area (Å²) in [6, 6.07) is 11.8. The molecule has 2 aromatic heterocycles. The van der Waals surface area contributed by atoms with E-state index in [2.05, 4.69) is 40.0 Å². The quantitative estimate of drug-likeness (QED) is 0.682. The smallest absolute Gasteiger partial charge is 0.160 e. The lowest BCUT2D eigenvalue weighted by atomic mass is 9.84. The zero-order chi connectivity index (χ0) is 14.3. The first-order valence-electron chi connectivity index (χ1n) is 6.25. The number of fused-ring (bicyclic) bond motifs is 1. The van der Waals surface area contributed by atoms with Crippen LogP contribution in [0.15, 0.2) is 47.1 Å². The molecule has 0 unspecified atom stereocenters. The number of halogens is 2. The molecule has 3 nitrogen and oxygen atoms in total. The molecule has 1 aromatic carbocycles. The van der Waals surface area contributed by atoms with Gasteiger partial charge < -0.3 is 0 Å². The van der Waals surface area contributed by atoms with Crippen molar-refractivity contribution in [2.24, 2.45) is 0 Å². The molecule has 5 heteroatoms. The van der Waals surface area contributed by atoms with E-state index in [0.29, 0.717) is 0 Å². The standard InChI is InChI=1S/C15H13BrClN3/c1-15(2,10-3-6-12(17)7-4-10)14-19-18-13-8-5-11(16)9-20(13)14/h3-9H,1-2H3. The molecule has 0 saturated heterocycles. The Hall–Kier alpha value is -1.39. The van der Waals surface area contributed by atoms with Crippen LogP contribution in [-0.2, 0) is 5.41 Å². The Bertz CT molecular complexity index is 762. The molecule has 0 aliphatic heterocycles. The molecule has 3 aromatic rings. The number of aromatic nitrogens is 3. The molecule has 0 amide bonds. The summed E-state index contributed by atoms with van der Waals surface area (Å²) in [6.45, 7) is 4.27. The van der Waals surface area contributed by atoms with Crippen LogP contribution in [0.4, 0.5) is 0 Å². The van der Waals surface area contributed by atoms with Crippen LogP contribution in [0.1, 0.15) is 25.2 Å². The Morgan fingerprint density at radius 1 is 1.05 bits per heavy atom. The molecule has 20 heavy (non-hydrogen) atoms. The summed E-state index contributed by atoms with van der Waals surface area (Å²) in [5, 5.41) is 9.34. The molecule has 0 bridgehead atoms. The SMILES string of the molecule is CC(C)(c1ccc(Cl)cc1)c1nnc2ccc(Br)cn12. The second-order valence-corrected chi connectivity index (χ2v) is 6.58. The van der Waals surface area contributed by atoms with Gasteiger partial charge in [0.15, 0.2) is 5.65 Å². The normalized spacial score (nSPS) is 12.0. The third-order valence-corrected chi connectivity index (χ3v) is 4.21. The topological polar surface area (TPSA) is 30.2 Å². The lowest BCUT2D eigenvalue weighted by Gasteiger charge is -2.23. The highest BCUT2D eigenvalue weighted by atomic mass is 79.9. The van der Waals surface area contributed by atoms with Crippen molar-refractivity contribution < 1.29 is 0 Å². The van der Waals surface area contributed by atoms with Crippen molar-refractivity contribution in [2.75, 3.05) is 0 Å². The number of nitrogens with zero attached hydrogens (tertiary/aromatic N) is 3. The monoisotopic (exact) mass is 349 g/mol. The van der Waals surface area contributed by atoms with Gasteiger partial charge in [0.2, 0.25) is 0 Å². The molecule has 0 aliphatic carbocycles. The Labute approximate surface area is 130 Å². The van der Waals surface area contributed by atoms with Crippen LogP contribution in [0.2, 0.25) is 5.02 Å². The van der Waals surface area contributed by atoms with E-state index in [4.69, 9.17) is 11.6 Å². The molecular weight excluding hydrogens is 338 g/mol. The van der Waals surface area contributed by atoms with Crippen LogP contribution in [-0.4, -0.2) is 14.6 Å². The third-order valence-electron chi connectivity index (χ3n) is 3.49. The largest absolute Gasteiger partial charge is 0.285 e. The van der Waals surface area contributed by atoms with Crippen molar-refractivity contribution in [3.05, 3.63) is 63.5 Å². The van der Waals surface area contributed by atoms with Crippen LogP contribution in [0.3, 0.4) is 0 Å². The van der Waals surface area contributed by atoms with Gasteiger partial charge in [-0.15, -0.1) is 10.2 Å². The zero-order valence-electron chi connectivity index (χ0n) is 11.1. The molecule has 0 aliphatic rings. The molecule has 3 rings (SSSR count). The van der Waals surface area contributed by atoms with Gasteiger partial charge in [-0.2, -0.15) is 0 Å². The fourth-order valence-electron chi connectivity index (χ4n) is 2.29. The van der Waals surface area contributed by atoms with Gasteiger partial charge >= 0.3 is 0 Å². The zero-order valence-corrected chi connectivity index (χ0v) is 13.5. The fraction of sp³-hybridized carbons (Fsp3) is 0.200. The first-order valence-corrected chi connectivity index (χ1v) is 7.42. The average molecular weight is 351 g/mol. The van der Waals surface area contributed by atoms with Gasteiger partial charge in [-0.1, -0.05) is 23.7 Å². The van der Waals surface area contributed by atoms with Crippen molar-refractivity contribution in [1.82, 2.24) is 14.6 Å². The Kier molecular flexibility index (Phi) is 3.30. The van der Waals surface area contributed by atoms with E-state index >= 15 is 0 Å². The number of rotatable bonds is 2. The average Bonchev–Trinajstić information content (AvgIpc) is 2.82. The van der Waals surface area contributed by atoms with Crippen LogP contribution in [0.25, 0.3) is 5.65 Å². The first-order chi connectivity index (χ1) is 9.48. The van der Waals surface area contributed by atoms with Crippen molar-refractivity contribution in [1.29, 1.82) is 0 Å². The second-order valence-electron chi connectivity index (χ2n) is 5.23. The minimum atomic E-state index is -0.259. The summed E-state index contributed by atoms with van der Waals surface area (Å²) in [7, 11) is 0. The molecule has 102 valence electrons.